The van der Waals surface area contributed by atoms with Crippen LogP contribution in [0.4, 0.5) is 4.79 Å². The van der Waals surface area contributed by atoms with E-state index >= 15 is 0 Å². The average Bonchev–Trinajstić information content (AvgIpc) is 3.56. The number of nitrogens with zero attached hydrogens (tertiary/aromatic N) is 2. The van der Waals surface area contributed by atoms with Crippen molar-refractivity contribution >= 4 is 24.5 Å². The van der Waals surface area contributed by atoms with Crippen LogP contribution in [0.5, 0.6) is 0 Å². The van der Waals surface area contributed by atoms with Gasteiger partial charge in [0.15, 0.2) is 17.8 Å². The summed E-state index contributed by atoms with van der Waals surface area (Å²) in [6.45, 7) is 1.86. The summed E-state index contributed by atoms with van der Waals surface area (Å²) in [5.74, 6) is -0.559. The summed E-state index contributed by atoms with van der Waals surface area (Å²) in [6, 6.07) is 8.59. The number of hydrogen-bond acceptors (Lipinski definition) is 12. The Morgan fingerprint density at radius 1 is 1.29 bits per heavy atom. The first-order valence-electron chi connectivity index (χ1n) is 10.5. The van der Waals surface area contributed by atoms with Crippen molar-refractivity contribution < 1.29 is 33.1 Å². The van der Waals surface area contributed by atoms with E-state index in [0.717, 1.165) is 12.1 Å². The Hall–Kier alpha value is -3.97. The van der Waals surface area contributed by atoms with Crippen LogP contribution in [0.2, 0.25) is 0 Å². The number of aliphatic imine (C=N–C) groups is 1. The van der Waals surface area contributed by atoms with Gasteiger partial charge in [-0.15, -0.1) is 0 Å². The fourth-order valence-corrected chi connectivity index (χ4v) is 3.09. The number of esters is 1. The number of nitrogens with one attached hydrogen (secondary N) is 3. The van der Waals surface area contributed by atoms with Crippen LogP contribution in [-0.4, -0.2) is 61.9 Å². The molecule has 0 aliphatic carbocycles. The van der Waals surface area contributed by atoms with E-state index in [1.54, 1.807) is 24.3 Å². The molecule has 0 radical (unpaired) electrons. The highest BCUT2D eigenvalue weighted by molar-refractivity contribution is 5.86. The van der Waals surface area contributed by atoms with Gasteiger partial charge in [0.05, 0.1) is 19.3 Å². The molecule has 13 heteroatoms. The van der Waals surface area contributed by atoms with Crippen molar-refractivity contribution in [2.75, 3.05) is 26.2 Å². The lowest BCUT2D eigenvalue weighted by molar-refractivity contribution is -0.164. The molecule has 2 unspecified atom stereocenters. The molecular formula is C21H26N6O7. The molecule has 2 aromatic rings. The average molecular weight is 474 g/mol. The van der Waals surface area contributed by atoms with Crippen molar-refractivity contribution in [3.05, 3.63) is 53.9 Å². The molecule has 13 nitrogen and oxygen atoms in total. The summed E-state index contributed by atoms with van der Waals surface area (Å²) >= 11 is 0. The van der Waals surface area contributed by atoms with Crippen LogP contribution in [0.1, 0.15) is 17.7 Å². The minimum Gasteiger partial charge on any atom is -0.445 e. The van der Waals surface area contributed by atoms with Gasteiger partial charge in [0.25, 0.3) is 0 Å². The van der Waals surface area contributed by atoms with Crippen LogP contribution >= 0.6 is 0 Å². The normalized spacial score (nSPS) is 15.3. The minimum absolute atomic E-state index is 0.0447. The third kappa shape index (κ3) is 6.76. The van der Waals surface area contributed by atoms with E-state index in [9.17, 15) is 14.4 Å². The molecular weight excluding hydrogens is 448 g/mol. The summed E-state index contributed by atoms with van der Waals surface area (Å²) < 4.78 is 20.5. The number of rotatable bonds is 12. The van der Waals surface area contributed by atoms with Crippen LogP contribution in [-0.2, 0) is 36.1 Å². The molecule has 34 heavy (non-hydrogen) atoms. The van der Waals surface area contributed by atoms with E-state index in [0.29, 0.717) is 25.5 Å². The van der Waals surface area contributed by atoms with Gasteiger partial charge in [0, 0.05) is 19.2 Å². The number of ether oxygens (including phenoxy) is 3. The molecule has 1 aliphatic heterocycles. The first-order chi connectivity index (χ1) is 16.5. The number of aromatic nitrogens is 1. The molecule has 1 amide bonds. The van der Waals surface area contributed by atoms with E-state index in [1.165, 1.54) is 12.3 Å². The molecule has 2 heterocycles. The Bertz CT molecular complexity index is 969. The molecule has 5 N–H and O–H groups in total. The maximum Gasteiger partial charge on any atom is 0.408 e. The van der Waals surface area contributed by atoms with Gasteiger partial charge in [-0.05, 0) is 12.0 Å². The zero-order chi connectivity index (χ0) is 24.2. The van der Waals surface area contributed by atoms with Gasteiger partial charge in [-0.25, -0.2) is 9.59 Å². The Balaban J connectivity index is 1.67. The second-order valence-electron chi connectivity index (χ2n) is 7.13. The van der Waals surface area contributed by atoms with Gasteiger partial charge in [0.1, 0.15) is 6.61 Å². The van der Waals surface area contributed by atoms with Crippen LogP contribution < -0.4 is 21.7 Å². The lowest BCUT2D eigenvalue weighted by atomic mass is 10.0. The Labute approximate surface area is 195 Å². The number of nitrogens with two attached hydrogens (primary N) is 1. The maximum atomic E-state index is 12.6. The Kier molecular flexibility index (Phi) is 8.94. The number of carbonyl (C=O) groups is 3. The molecule has 1 aliphatic rings. The monoisotopic (exact) mass is 474 g/mol. The number of hydrogen-bond donors (Lipinski definition) is 4. The van der Waals surface area contributed by atoms with Gasteiger partial charge < -0.3 is 34.7 Å². The van der Waals surface area contributed by atoms with Gasteiger partial charge in [-0.1, -0.05) is 35.5 Å². The predicted molar refractivity (Wildman–Crippen MR) is 117 cm³/mol. The summed E-state index contributed by atoms with van der Waals surface area (Å²) in [6.07, 6.45) is 0.769. The van der Waals surface area contributed by atoms with E-state index in [2.05, 4.69) is 30.8 Å². The van der Waals surface area contributed by atoms with Gasteiger partial charge in [-0.2, -0.15) is 0 Å². The summed E-state index contributed by atoms with van der Waals surface area (Å²) in [5, 5.41) is 12.1. The van der Waals surface area contributed by atoms with Crippen molar-refractivity contribution in [1.29, 1.82) is 0 Å². The largest absolute Gasteiger partial charge is 0.445 e. The Morgan fingerprint density at radius 3 is 2.79 bits per heavy atom. The minimum atomic E-state index is -2.05. The maximum absolute atomic E-state index is 12.6. The van der Waals surface area contributed by atoms with Gasteiger partial charge in [-0.3, -0.25) is 15.5 Å². The van der Waals surface area contributed by atoms with Gasteiger partial charge in [0.2, 0.25) is 5.72 Å². The second kappa shape index (κ2) is 12.3. The fourth-order valence-electron chi connectivity index (χ4n) is 3.09. The third-order valence-corrected chi connectivity index (χ3v) is 4.76. The Morgan fingerprint density at radius 2 is 2.12 bits per heavy atom. The van der Waals surface area contributed by atoms with Crippen LogP contribution in [0, 0.1) is 0 Å². The third-order valence-electron chi connectivity index (χ3n) is 4.76. The van der Waals surface area contributed by atoms with Crippen molar-refractivity contribution in [2.45, 2.75) is 24.8 Å². The van der Waals surface area contributed by atoms with E-state index < -0.39 is 23.8 Å². The highest BCUT2D eigenvalue weighted by atomic mass is 16.6. The van der Waals surface area contributed by atoms with Crippen molar-refractivity contribution in [2.24, 2.45) is 10.7 Å². The first-order valence-corrected chi connectivity index (χ1v) is 10.5. The predicted octanol–water partition coefficient (Wildman–Crippen LogP) is -0.264. The summed E-state index contributed by atoms with van der Waals surface area (Å²) in [4.78, 5) is 40.1. The van der Waals surface area contributed by atoms with E-state index in [-0.39, 0.29) is 25.4 Å². The highest BCUT2D eigenvalue weighted by Crippen LogP contribution is 2.25. The van der Waals surface area contributed by atoms with Crippen LogP contribution in [0.25, 0.3) is 0 Å². The lowest BCUT2D eigenvalue weighted by Gasteiger charge is -2.33. The molecule has 1 aromatic heterocycles. The number of guanidine groups is 1. The van der Waals surface area contributed by atoms with Crippen molar-refractivity contribution in [1.82, 2.24) is 21.1 Å². The zero-order valence-electron chi connectivity index (χ0n) is 18.3. The summed E-state index contributed by atoms with van der Waals surface area (Å²) in [7, 11) is 0. The zero-order valence-corrected chi connectivity index (χ0v) is 18.3. The number of carbonyl (C=O) groups excluding carboxylic acids is 3. The number of amides is 1. The van der Waals surface area contributed by atoms with Crippen LogP contribution in [0.3, 0.4) is 0 Å². The SMILES string of the molecule is NC(OCCCNC1=NCCN1)(c1ccno1)C(NC(=O)OCc1ccccc1)C(=O)OC=O. The smallest absolute Gasteiger partial charge is 0.408 e. The number of alkyl carbamates (subject to hydrolysis) is 1. The molecule has 0 spiro atoms. The quantitative estimate of drug-likeness (QED) is 0.105. The molecule has 2 atom stereocenters. The van der Waals surface area contributed by atoms with Crippen LogP contribution in [0.15, 0.2) is 52.1 Å². The summed E-state index contributed by atoms with van der Waals surface area (Å²) in [5.41, 5.74) is 5.08. The molecule has 1 aromatic carbocycles. The topological polar surface area (TPSA) is 179 Å². The number of benzene rings is 1. The first kappa shape index (κ1) is 24.7. The lowest BCUT2D eigenvalue weighted by Crippen LogP contribution is -2.62. The molecule has 0 bridgehead atoms. The fraction of sp³-hybridized carbons (Fsp3) is 0.381. The molecule has 0 saturated carbocycles. The van der Waals surface area contributed by atoms with Gasteiger partial charge >= 0.3 is 18.5 Å². The van der Waals surface area contributed by atoms with Crippen molar-refractivity contribution in [3.8, 4) is 0 Å². The molecule has 182 valence electrons. The standard InChI is InChI=1S/C21H26N6O7/c22-21(16-7-9-26-34-16,33-12-4-8-23-19-24-10-11-25-19)17(18(29)32-14-28)27-20(30)31-13-15-5-2-1-3-6-15/h1-3,5-7,9,14,17H,4,8,10-13,22H2,(H,27,30)(H2,23,24,25). The molecule has 3 rings (SSSR count). The van der Waals surface area contributed by atoms with Crippen molar-refractivity contribution in [3.63, 3.8) is 0 Å². The highest BCUT2D eigenvalue weighted by Gasteiger charge is 2.48. The molecule has 0 fully saturated rings. The van der Waals surface area contributed by atoms with E-state index in [4.69, 9.17) is 19.7 Å². The van der Waals surface area contributed by atoms with E-state index in [1.807, 2.05) is 6.07 Å². The second-order valence-corrected chi connectivity index (χ2v) is 7.13. The molecule has 0 saturated heterocycles.